The number of carbonyl (C=O) groups excluding carboxylic acids is 3. The molecule has 1 rings (SSSR count). The molecule has 0 heterocycles. The highest BCUT2D eigenvalue weighted by molar-refractivity contribution is 5.81. The summed E-state index contributed by atoms with van der Waals surface area (Å²) < 4.78 is 4.94. The van der Waals surface area contributed by atoms with Crippen molar-refractivity contribution in [3.05, 3.63) is 35.9 Å². The molecule has 2 amide bonds. The second-order valence-corrected chi connectivity index (χ2v) is 5.25. The van der Waals surface area contributed by atoms with E-state index in [1.165, 1.54) is 6.92 Å². The van der Waals surface area contributed by atoms with E-state index in [2.05, 4.69) is 10.6 Å². The predicted molar refractivity (Wildman–Crippen MR) is 81.9 cm³/mol. The SMILES string of the molecule is CC(=O)N[C@H](CC(=O)OCC(=O)NC(C)C)c1ccccc1. The molecular weight excluding hydrogens is 284 g/mol. The van der Waals surface area contributed by atoms with E-state index < -0.39 is 12.0 Å². The van der Waals surface area contributed by atoms with Crippen LogP contribution in [0.15, 0.2) is 30.3 Å². The van der Waals surface area contributed by atoms with Crippen LogP contribution in [0.5, 0.6) is 0 Å². The van der Waals surface area contributed by atoms with Crippen LogP contribution in [0.1, 0.15) is 38.8 Å². The van der Waals surface area contributed by atoms with Crippen LogP contribution >= 0.6 is 0 Å². The zero-order valence-corrected chi connectivity index (χ0v) is 13.1. The van der Waals surface area contributed by atoms with E-state index in [0.29, 0.717) is 0 Å². The summed E-state index contributed by atoms with van der Waals surface area (Å²) in [7, 11) is 0. The fourth-order valence-corrected chi connectivity index (χ4v) is 1.92. The zero-order chi connectivity index (χ0) is 16.5. The number of amides is 2. The number of ether oxygens (including phenoxy) is 1. The van der Waals surface area contributed by atoms with Gasteiger partial charge in [0.05, 0.1) is 12.5 Å². The van der Waals surface area contributed by atoms with Gasteiger partial charge in [0.1, 0.15) is 0 Å². The maximum absolute atomic E-state index is 11.8. The van der Waals surface area contributed by atoms with Crippen molar-refractivity contribution in [1.29, 1.82) is 0 Å². The van der Waals surface area contributed by atoms with Crippen LogP contribution in [0.25, 0.3) is 0 Å². The molecule has 1 aromatic rings. The summed E-state index contributed by atoms with van der Waals surface area (Å²) >= 11 is 0. The summed E-state index contributed by atoms with van der Waals surface area (Å²) in [5.41, 5.74) is 0.807. The number of esters is 1. The van der Waals surface area contributed by atoms with Crippen LogP contribution in [-0.2, 0) is 19.1 Å². The summed E-state index contributed by atoms with van der Waals surface area (Å²) in [6.45, 7) is 4.71. The van der Waals surface area contributed by atoms with Gasteiger partial charge < -0.3 is 15.4 Å². The summed E-state index contributed by atoms with van der Waals surface area (Å²) in [6, 6.07) is 8.65. The lowest BCUT2D eigenvalue weighted by atomic mass is 10.0. The molecule has 120 valence electrons. The quantitative estimate of drug-likeness (QED) is 0.744. The Morgan fingerprint density at radius 3 is 2.27 bits per heavy atom. The number of rotatable bonds is 7. The summed E-state index contributed by atoms with van der Waals surface area (Å²) in [4.78, 5) is 34.5. The molecule has 1 aromatic carbocycles. The van der Waals surface area contributed by atoms with E-state index in [-0.39, 0.29) is 30.9 Å². The standard InChI is InChI=1S/C16H22N2O4/c1-11(2)17-15(20)10-22-16(21)9-14(18-12(3)19)13-7-5-4-6-8-13/h4-8,11,14H,9-10H2,1-3H3,(H,17,20)(H,18,19)/t14-/m1/s1. The molecule has 6 nitrogen and oxygen atoms in total. The first-order valence-corrected chi connectivity index (χ1v) is 7.15. The van der Waals surface area contributed by atoms with Crippen molar-refractivity contribution in [2.75, 3.05) is 6.61 Å². The summed E-state index contributed by atoms with van der Waals surface area (Å²) in [5.74, 6) is -1.13. The third-order valence-electron chi connectivity index (χ3n) is 2.76. The molecule has 6 heteroatoms. The van der Waals surface area contributed by atoms with Gasteiger partial charge in [-0.15, -0.1) is 0 Å². The van der Waals surface area contributed by atoms with Crippen molar-refractivity contribution in [3.63, 3.8) is 0 Å². The van der Waals surface area contributed by atoms with Gasteiger partial charge in [-0.3, -0.25) is 14.4 Å². The van der Waals surface area contributed by atoms with Crippen molar-refractivity contribution in [3.8, 4) is 0 Å². The van der Waals surface area contributed by atoms with Gasteiger partial charge in [0.15, 0.2) is 6.61 Å². The Morgan fingerprint density at radius 2 is 1.73 bits per heavy atom. The minimum Gasteiger partial charge on any atom is -0.456 e. The number of hydrogen-bond acceptors (Lipinski definition) is 4. The molecule has 0 radical (unpaired) electrons. The van der Waals surface area contributed by atoms with Crippen LogP contribution in [0, 0.1) is 0 Å². The molecule has 1 atom stereocenters. The minimum atomic E-state index is -0.540. The third kappa shape index (κ3) is 6.88. The number of carbonyl (C=O) groups is 3. The lowest BCUT2D eigenvalue weighted by Gasteiger charge is -2.17. The molecule has 0 aromatic heterocycles. The normalized spacial score (nSPS) is 11.6. The molecule has 2 N–H and O–H groups in total. The lowest BCUT2D eigenvalue weighted by molar-refractivity contribution is -0.149. The minimum absolute atomic E-state index is 0.0114. The van der Waals surface area contributed by atoms with Gasteiger partial charge in [0.2, 0.25) is 5.91 Å². The van der Waals surface area contributed by atoms with Gasteiger partial charge in [0.25, 0.3) is 5.91 Å². The van der Waals surface area contributed by atoms with E-state index in [1.54, 1.807) is 0 Å². The van der Waals surface area contributed by atoms with E-state index in [0.717, 1.165) is 5.56 Å². The molecule has 0 aliphatic rings. The van der Waals surface area contributed by atoms with Crippen LogP contribution in [0.4, 0.5) is 0 Å². The highest BCUT2D eigenvalue weighted by Crippen LogP contribution is 2.17. The third-order valence-corrected chi connectivity index (χ3v) is 2.76. The molecule has 0 aliphatic carbocycles. The maximum atomic E-state index is 11.8. The van der Waals surface area contributed by atoms with E-state index >= 15 is 0 Å². The molecule has 0 saturated carbocycles. The molecule has 0 aliphatic heterocycles. The van der Waals surface area contributed by atoms with Crippen molar-refractivity contribution in [1.82, 2.24) is 10.6 Å². The van der Waals surface area contributed by atoms with Gasteiger partial charge in [0, 0.05) is 13.0 Å². The Balaban J connectivity index is 2.57. The highest BCUT2D eigenvalue weighted by atomic mass is 16.5. The average Bonchev–Trinajstić information content (AvgIpc) is 2.44. The number of nitrogens with one attached hydrogen (secondary N) is 2. The van der Waals surface area contributed by atoms with Gasteiger partial charge in [-0.25, -0.2) is 0 Å². The molecule has 22 heavy (non-hydrogen) atoms. The second-order valence-electron chi connectivity index (χ2n) is 5.25. The van der Waals surface area contributed by atoms with Crippen molar-refractivity contribution < 1.29 is 19.1 Å². The Bertz CT molecular complexity index is 514. The van der Waals surface area contributed by atoms with Crippen LogP contribution < -0.4 is 10.6 Å². The van der Waals surface area contributed by atoms with Crippen LogP contribution in [0.3, 0.4) is 0 Å². The van der Waals surface area contributed by atoms with Gasteiger partial charge >= 0.3 is 5.97 Å². The number of hydrogen-bond donors (Lipinski definition) is 2. The zero-order valence-electron chi connectivity index (χ0n) is 13.1. The van der Waals surface area contributed by atoms with E-state index in [1.807, 2.05) is 44.2 Å². The van der Waals surface area contributed by atoms with Crippen molar-refractivity contribution >= 4 is 17.8 Å². The fourth-order valence-electron chi connectivity index (χ4n) is 1.92. The molecule has 0 saturated heterocycles. The van der Waals surface area contributed by atoms with E-state index in [9.17, 15) is 14.4 Å². The van der Waals surface area contributed by atoms with Crippen LogP contribution in [0.2, 0.25) is 0 Å². The first kappa shape index (κ1) is 17.7. The van der Waals surface area contributed by atoms with Crippen molar-refractivity contribution in [2.24, 2.45) is 0 Å². The average molecular weight is 306 g/mol. The number of benzene rings is 1. The van der Waals surface area contributed by atoms with E-state index in [4.69, 9.17) is 4.74 Å². The monoisotopic (exact) mass is 306 g/mol. The molecular formula is C16H22N2O4. The Hall–Kier alpha value is -2.37. The smallest absolute Gasteiger partial charge is 0.308 e. The van der Waals surface area contributed by atoms with Gasteiger partial charge in [-0.1, -0.05) is 30.3 Å². The van der Waals surface area contributed by atoms with Gasteiger partial charge in [-0.05, 0) is 19.4 Å². The van der Waals surface area contributed by atoms with Gasteiger partial charge in [-0.2, -0.15) is 0 Å². The highest BCUT2D eigenvalue weighted by Gasteiger charge is 2.18. The molecule has 0 fully saturated rings. The predicted octanol–water partition coefficient (Wildman–Crippen LogP) is 1.32. The largest absolute Gasteiger partial charge is 0.456 e. The Labute approximate surface area is 130 Å². The lowest BCUT2D eigenvalue weighted by Crippen LogP contribution is -2.34. The van der Waals surface area contributed by atoms with Crippen molar-refractivity contribution in [2.45, 2.75) is 39.3 Å². The Morgan fingerprint density at radius 1 is 1.09 bits per heavy atom. The first-order chi connectivity index (χ1) is 10.4. The maximum Gasteiger partial charge on any atom is 0.308 e. The molecule has 0 unspecified atom stereocenters. The summed E-state index contributed by atoms with van der Waals surface area (Å²) in [6.07, 6.45) is -0.0292. The molecule has 0 spiro atoms. The topological polar surface area (TPSA) is 84.5 Å². The molecule has 0 bridgehead atoms. The second kappa shape index (κ2) is 8.81. The Kier molecular flexibility index (Phi) is 7.08. The van der Waals surface area contributed by atoms with Crippen LogP contribution in [-0.4, -0.2) is 30.4 Å². The fraction of sp³-hybridized carbons (Fsp3) is 0.438. The summed E-state index contributed by atoms with van der Waals surface area (Å²) in [5, 5.41) is 5.34. The first-order valence-electron chi connectivity index (χ1n) is 7.15.